The van der Waals surface area contributed by atoms with Crippen LogP contribution in [0.15, 0.2) is 24.5 Å². The summed E-state index contributed by atoms with van der Waals surface area (Å²) in [6, 6.07) is 5.16. The van der Waals surface area contributed by atoms with Crippen molar-refractivity contribution in [3.63, 3.8) is 0 Å². The molecule has 1 heterocycles. The van der Waals surface area contributed by atoms with E-state index in [2.05, 4.69) is 10.1 Å². The van der Waals surface area contributed by atoms with Crippen LogP contribution in [-0.2, 0) is 0 Å². The minimum atomic E-state index is -0.192. The zero-order valence-corrected chi connectivity index (χ0v) is 9.61. The number of benzene rings is 1. The molecule has 0 aliphatic carbocycles. The van der Waals surface area contributed by atoms with E-state index in [4.69, 9.17) is 0 Å². The molecule has 0 N–H and O–H groups in total. The smallest absolute Gasteiger partial charge is 0.138 e. The Bertz CT molecular complexity index is 503. The molecule has 0 atom stereocenters. The van der Waals surface area contributed by atoms with Crippen molar-refractivity contribution in [2.75, 3.05) is 0 Å². The lowest BCUT2D eigenvalue weighted by molar-refractivity contribution is 0.596. The fourth-order valence-corrected chi connectivity index (χ4v) is 1.67. The topological polar surface area (TPSA) is 30.7 Å². The van der Waals surface area contributed by atoms with Gasteiger partial charge in [0.2, 0.25) is 0 Å². The van der Waals surface area contributed by atoms with Crippen LogP contribution in [0.4, 0.5) is 4.39 Å². The molecule has 1 aromatic heterocycles. The lowest BCUT2D eigenvalue weighted by atomic mass is 10.0. The number of nitrogens with zero attached hydrogens (tertiary/aromatic N) is 3. The molecule has 2 rings (SSSR count). The maximum atomic E-state index is 13.8. The second-order valence-electron chi connectivity index (χ2n) is 4.08. The third-order valence-corrected chi connectivity index (χ3v) is 2.57. The van der Waals surface area contributed by atoms with E-state index in [9.17, 15) is 4.39 Å². The summed E-state index contributed by atoms with van der Waals surface area (Å²) in [5, 5.41) is 4.04. The van der Waals surface area contributed by atoms with Gasteiger partial charge in [0.25, 0.3) is 0 Å². The predicted molar refractivity (Wildman–Crippen MR) is 60.1 cm³/mol. The number of rotatable bonds is 2. The second kappa shape index (κ2) is 4.04. The summed E-state index contributed by atoms with van der Waals surface area (Å²) in [6.45, 7) is 5.78. The van der Waals surface area contributed by atoms with Crippen LogP contribution in [0.5, 0.6) is 0 Å². The molecule has 0 aliphatic rings. The first-order chi connectivity index (χ1) is 7.59. The molecule has 0 radical (unpaired) electrons. The van der Waals surface area contributed by atoms with Crippen LogP contribution in [0.1, 0.15) is 31.2 Å². The molecule has 4 heteroatoms. The molecule has 0 spiro atoms. The fraction of sp³-hybridized carbons (Fsp3) is 0.333. The lowest BCUT2D eigenvalue weighted by Gasteiger charge is -2.09. The Morgan fingerprint density at radius 3 is 2.56 bits per heavy atom. The van der Waals surface area contributed by atoms with Gasteiger partial charge in [-0.1, -0.05) is 19.9 Å². The molecule has 0 saturated carbocycles. The third-order valence-electron chi connectivity index (χ3n) is 2.57. The van der Waals surface area contributed by atoms with Gasteiger partial charge in [-0.15, -0.1) is 0 Å². The van der Waals surface area contributed by atoms with Crippen LogP contribution in [0.3, 0.4) is 0 Å². The van der Waals surface area contributed by atoms with Gasteiger partial charge < -0.3 is 0 Å². The Kier molecular flexibility index (Phi) is 2.73. The van der Waals surface area contributed by atoms with E-state index in [1.54, 1.807) is 10.7 Å². The first-order valence-electron chi connectivity index (χ1n) is 5.26. The van der Waals surface area contributed by atoms with E-state index < -0.39 is 0 Å². The van der Waals surface area contributed by atoms with Crippen molar-refractivity contribution in [2.45, 2.75) is 26.7 Å². The number of aryl methyl sites for hydroxylation is 1. The molecule has 0 saturated heterocycles. The van der Waals surface area contributed by atoms with Gasteiger partial charge in [0.1, 0.15) is 18.0 Å². The highest BCUT2D eigenvalue weighted by molar-refractivity contribution is 5.36. The minimum absolute atomic E-state index is 0.186. The number of aromatic nitrogens is 3. The molecule has 0 amide bonds. The molecular weight excluding hydrogens is 205 g/mol. The lowest BCUT2D eigenvalue weighted by Crippen LogP contribution is -2.01. The van der Waals surface area contributed by atoms with E-state index in [0.717, 1.165) is 11.4 Å². The molecule has 0 bridgehead atoms. The Morgan fingerprint density at radius 1 is 1.31 bits per heavy atom. The predicted octanol–water partition coefficient (Wildman–Crippen LogP) is 2.84. The van der Waals surface area contributed by atoms with Crippen LogP contribution in [-0.4, -0.2) is 14.8 Å². The first kappa shape index (κ1) is 10.8. The van der Waals surface area contributed by atoms with Crippen LogP contribution < -0.4 is 0 Å². The zero-order valence-electron chi connectivity index (χ0n) is 9.61. The minimum Gasteiger partial charge on any atom is -0.220 e. The van der Waals surface area contributed by atoms with Gasteiger partial charge in [-0.25, -0.2) is 14.1 Å². The molecule has 84 valence electrons. The molecule has 1 aromatic carbocycles. The van der Waals surface area contributed by atoms with Gasteiger partial charge >= 0.3 is 0 Å². The molecule has 0 fully saturated rings. The monoisotopic (exact) mass is 219 g/mol. The van der Waals surface area contributed by atoms with Crippen LogP contribution in [0.25, 0.3) is 5.69 Å². The Hall–Kier alpha value is -1.71. The molecule has 0 unspecified atom stereocenters. The van der Waals surface area contributed by atoms with Crippen LogP contribution in [0.2, 0.25) is 0 Å². The highest BCUT2D eigenvalue weighted by Gasteiger charge is 2.09. The van der Waals surface area contributed by atoms with Gasteiger partial charge in [0.15, 0.2) is 0 Å². The van der Waals surface area contributed by atoms with Gasteiger partial charge in [0.05, 0.1) is 5.69 Å². The molecule has 3 nitrogen and oxygen atoms in total. The summed E-state index contributed by atoms with van der Waals surface area (Å²) in [4.78, 5) is 4.01. The normalized spacial score (nSPS) is 11.1. The number of hydrogen-bond donors (Lipinski definition) is 0. The van der Waals surface area contributed by atoms with Crippen molar-refractivity contribution in [2.24, 2.45) is 0 Å². The molecule has 16 heavy (non-hydrogen) atoms. The summed E-state index contributed by atoms with van der Waals surface area (Å²) in [5.74, 6) is 0.741. The molecule has 2 aromatic rings. The highest BCUT2D eigenvalue weighted by Crippen LogP contribution is 2.21. The summed E-state index contributed by atoms with van der Waals surface area (Å²) >= 11 is 0. The van der Waals surface area contributed by atoms with Crippen molar-refractivity contribution in [1.29, 1.82) is 0 Å². The first-order valence-corrected chi connectivity index (χ1v) is 5.26. The Balaban J connectivity index is 2.46. The van der Waals surface area contributed by atoms with Crippen molar-refractivity contribution >= 4 is 0 Å². The maximum absolute atomic E-state index is 13.8. The van der Waals surface area contributed by atoms with E-state index in [-0.39, 0.29) is 11.7 Å². The molecule has 0 aliphatic heterocycles. The van der Waals surface area contributed by atoms with Crippen LogP contribution >= 0.6 is 0 Å². The van der Waals surface area contributed by atoms with E-state index in [0.29, 0.717) is 5.69 Å². The average molecular weight is 219 g/mol. The summed E-state index contributed by atoms with van der Waals surface area (Å²) < 4.78 is 15.4. The van der Waals surface area contributed by atoms with Gasteiger partial charge in [0, 0.05) is 0 Å². The summed E-state index contributed by atoms with van der Waals surface area (Å²) in [6.07, 6.45) is 1.46. The Morgan fingerprint density at radius 2 is 2.06 bits per heavy atom. The largest absolute Gasteiger partial charge is 0.220 e. The van der Waals surface area contributed by atoms with Crippen LogP contribution in [0, 0.1) is 12.7 Å². The van der Waals surface area contributed by atoms with E-state index in [1.807, 2.05) is 26.8 Å². The van der Waals surface area contributed by atoms with Crippen molar-refractivity contribution in [3.8, 4) is 5.69 Å². The SMILES string of the molecule is Cc1ncnn1-c1ccc(C(C)C)c(F)c1. The van der Waals surface area contributed by atoms with Crippen molar-refractivity contribution in [3.05, 3.63) is 41.7 Å². The maximum Gasteiger partial charge on any atom is 0.138 e. The Labute approximate surface area is 93.9 Å². The summed E-state index contributed by atoms with van der Waals surface area (Å²) in [5.41, 5.74) is 1.43. The number of halogens is 1. The zero-order chi connectivity index (χ0) is 11.7. The standard InChI is InChI=1S/C12H14FN3/c1-8(2)11-5-4-10(6-12(11)13)16-9(3)14-7-15-16/h4-8H,1-3H3. The van der Waals surface area contributed by atoms with E-state index >= 15 is 0 Å². The summed E-state index contributed by atoms with van der Waals surface area (Å²) in [7, 11) is 0. The van der Waals surface area contributed by atoms with E-state index in [1.165, 1.54) is 12.4 Å². The van der Waals surface area contributed by atoms with Gasteiger partial charge in [-0.3, -0.25) is 0 Å². The quantitative estimate of drug-likeness (QED) is 0.777. The average Bonchev–Trinajstić information content (AvgIpc) is 2.63. The van der Waals surface area contributed by atoms with Gasteiger partial charge in [-0.05, 0) is 30.5 Å². The van der Waals surface area contributed by atoms with Crippen molar-refractivity contribution in [1.82, 2.24) is 14.8 Å². The second-order valence-corrected chi connectivity index (χ2v) is 4.08. The number of hydrogen-bond acceptors (Lipinski definition) is 2. The van der Waals surface area contributed by atoms with Gasteiger partial charge in [-0.2, -0.15) is 5.10 Å². The third kappa shape index (κ3) is 1.83. The van der Waals surface area contributed by atoms with Crippen molar-refractivity contribution < 1.29 is 4.39 Å². The molecular formula is C12H14FN3. The fourth-order valence-electron chi connectivity index (χ4n) is 1.67. The highest BCUT2D eigenvalue weighted by atomic mass is 19.1.